The third kappa shape index (κ3) is 5.04. The van der Waals surface area contributed by atoms with Crippen molar-refractivity contribution in [2.75, 3.05) is 39.4 Å². The zero-order valence-electron chi connectivity index (χ0n) is 14.2. The number of halogens is 1. The van der Waals surface area contributed by atoms with Crippen molar-refractivity contribution in [1.29, 1.82) is 0 Å². The number of rotatable bonds is 7. The molecule has 7 heteroatoms. The third-order valence-electron chi connectivity index (χ3n) is 5.14. The molecule has 0 bridgehead atoms. The summed E-state index contributed by atoms with van der Waals surface area (Å²) in [5, 5.41) is 7.36. The maximum atomic E-state index is 12.2. The number of amides is 1. The summed E-state index contributed by atoms with van der Waals surface area (Å²) in [4.78, 5) is 14.8. The monoisotopic (exact) mass is 398 g/mol. The van der Waals surface area contributed by atoms with Gasteiger partial charge in [0.1, 0.15) is 0 Å². The fourth-order valence-electron chi connectivity index (χ4n) is 3.66. The number of carbonyl (C=O) groups is 1. The van der Waals surface area contributed by atoms with Crippen LogP contribution in [-0.4, -0.2) is 60.0 Å². The van der Waals surface area contributed by atoms with E-state index in [-0.39, 0.29) is 11.3 Å². The normalized spacial score (nSPS) is 21.0. The van der Waals surface area contributed by atoms with Crippen LogP contribution in [0.25, 0.3) is 0 Å². The van der Waals surface area contributed by atoms with Crippen LogP contribution in [0.1, 0.15) is 32.1 Å². The molecule has 6 nitrogen and oxygen atoms in total. The lowest BCUT2D eigenvalue weighted by Gasteiger charge is -2.40. The van der Waals surface area contributed by atoms with Gasteiger partial charge in [-0.15, -0.1) is 0 Å². The van der Waals surface area contributed by atoms with Crippen molar-refractivity contribution < 1.29 is 9.53 Å². The van der Waals surface area contributed by atoms with Crippen molar-refractivity contribution in [3.05, 3.63) is 16.9 Å². The predicted molar refractivity (Wildman–Crippen MR) is 95.7 cm³/mol. The minimum atomic E-state index is 0.105. The van der Waals surface area contributed by atoms with Gasteiger partial charge in [0.15, 0.2) is 0 Å². The highest BCUT2D eigenvalue weighted by Crippen LogP contribution is 2.32. The summed E-state index contributed by atoms with van der Waals surface area (Å²) in [5.41, 5.74) is 0.174. The van der Waals surface area contributed by atoms with E-state index in [2.05, 4.69) is 31.2 Å². The Morgan fingerprint density at radius 1 is 1.33 bits per heavy atom. The Hall–Kier alpha value is -0.920. The molecule has 2 fully saturated rings. The van der Waals surface area contributed by atoms with Gasteiger partial charge in [-0.25, -0.2) is 0 Å². The van der Waals surface area contributed by atoms with Crippen LogP contribution in [0, 0.1) is 5.41 Å². The molecule has 0 radical (unpaired) electrons. The van der Waals surface area contributed by atoms with Gasteiger partial charge in [-0.2, -0.15) is 5.10 Å². The summed E-state index contributed by atoms with van der Waals surface area (Å²) in [6.07, 6.45) is 8.78. The molecule has 2 aliphatic heterocycles. The van der Waals surface area contributed by atoms with Crippen LogP contribution in [0.3, 0.4) is 0 Å². The third-order valence-corrected chi connectivity index (χ3v) is 5.55. The molecule has 2 aliphatic rings. The number of aromatic nitrogens is 2. The number of aryl methyl sites for hydroxylation is 1. The highest BCUT2D eigenvalue weighted by atomic mass is 79.9. The number of hydrogen-bond acceptors (Lipinski definition) is 4. The Morgan fingerprint density at radius 2 is 2.08 bits per heavy atom. The zero-order chi connectivity index (χ0) is 16.8. The number of carbonyl (C=O) groups excluding carboxylic acids is 1. The Morgan fingerprint density at radius 3 is 2.75 bits per heavy atom. The summed E-state index contributed by atoms with van der Waals surface area (Å²) >= 11 is 3.37. The molecule has 0 aromatic carbocycles. The minimum Gasteiger partial charge on any atom is -0.381 e. The fraction of sp³-hybridized carbons (Fsp3) is 0.765. The molecular weight excluding hydrogens is 372 g/mol. The van der Waals surface area contributed by atoms with Crippen LogP contribution >= 0.6 is 15.9 Å². The predicted octanol–water partition coefficient (Wildman–Crippen LogP) is 2.04. The van der Waals surface area contributed by atoms with E-state index in [1.54, 1.807) is 10.9 Å². The Labute approximate surface area is 152 Å². The molecule has 0 unspecified atom stereocenters. The first-order chi connectivity index (χ1) is 11.7. The molecule has 0 saturated carbocycles. The summed E-state index contributed by atoms with van der Waals surface area (Å²) < 4.78 is 8.29. The fourth-order valence-corrected chi connectivity index (χ4v) is 3.99. The van der Waals surface area contributed by atoms with Crippen LogP contribution in [0.2, 0.25) is 0 Å². The average Bonchev–Trinajstić information content (AvgIpc) is 3.24. The van der Waals surface area contributed by atoms with Crippen molar-refractivity contribution in [1.82, 2.24) is 20.0 Å². The van der Waals surface area contributed by atoms with E-state index in [1.165, 1.54) is 25.9 Å². The van der Waals surface area contributed by atoms with E-state index in [0.29, 0.717) is 13.0 Å². The van der Waals surface area contributed by atoms with E-state index >= 15 is 0 Å². The molecule has 0 atom stereocenters. The number of nitrogens with zero attached hydrogens (tertiary/aromatic N) is 3. The summed E-state index contributed by atoms with van der Waals surface area (Å²) in [7, 11) is 0. The number of hydrogen-bond donors (Lipinski definition) is 1. The number of ether oxygens (including phenoxy) is 1. The summed E-state index contributed by atoms with van der Waals surface area (Å²) in [5.74, 6) is 0.105. The molecule has 1 N–H and O–H groups in total. The highest BCUT2D eigenvalue weighted by Gasteiger charge is 2.35. The van der Waals surface area contributed by atoms with E-state index in [1.807, 2.05) is 6.20 Å². The first-order valence-corrected chi connectivity index (χ1v) is 9.69. The molecule has 3 heterocycles. The standard InChI is InChI=1S/C17H27BrN4O2/c18-15-11-20-22(12-15)8-3-16(23)19-13-17(4-9-24-10-5-17)14-21-6-1-2-7-21/h11-12H,1-10,13-14H2,(H,19,23). The van der Waals surface area contributed by atoms with Crippen molar-refractivity contribution in [2.45, 2.75) is 38.6 Å². The lowest BCUT2D eigenvalue weighted by atomic mass is 9.79. The SMILES string of the molecule is O=C(CCn1cc(Br)cn1)NCC1(CN2CCCC2)CCOCC1. The molecular formula is C17H27BrN4O2. The van der Waals surface area contributed by atoms with E-state index in [0.717, 1.165) is 43.6 Å². The van der Waals surface area contributed by atoms with Crippen LogP contribution < -0.4 is 5.32 Å². The summed E-state index contributed by atoms with van der Waals surface area (Å²) in [6.45, 7) is 6.47. The molecule has 134 valence electrons. The van der Waals surface area contributed by atoms with Gasteiger partial charge in [0, 0.05) is 50.9 Å². The van der Waals surface area contributed by atoms with Gasteiger partial charge in [0.05, 0.1) is 10.7 Å². The van der Waals surface area contributed by atoms with Gasteiger partial charge in [0.25, 0.3) is 0 Å². The largest absolute Gasteiger partial charge is 0.381 e. The van der Waals surface area contributed by atoms with Gasteiger partial charge >= 0.3 is 0 Å². The maximum Gasteiger partial charge on any atom is 0.221 e. The second kappa shape index (κ2) is 8.45. The Bertz CT molecular complexity index is 536. The van der Waals surface area contributed by atoms with Gasteiger partial charge in [-0.1, -0.05) is 0 Å². The van der Waals surface area contributed by atoms with Gasteiger partial charge < -0.3 is 15.0 Å². The zero-order valence-corrected chi connectivity index (χ0v) is 15.8. The molecule has 3 rings (SSSR count). The van der Waals surface area contributed by atoms with Crippen LogP contribution in [-0.2, 0) is 16.1 Å². The molecule has 0 aliphatic carbocycles. The molecule has 1 aromatic heterocycles. The van der Waals surface area contributed by atoms with Crippen molar-refractivity contribution in [2.24, 2.45) is 5.41 Å². The van der Waals surface area contributed by atoms with Crippen molar-refractivity contribution in [3.8, 4) is 0 Å². The molecule has 1 amide bonds. The lowest BCUT2D eigenvalue weighted by Crippen LogP contribution is -2.48. The van der Waals surface area contributed by atoms with Gasteiger partial charge in [-0.3, -0.25) is 9.48 Å². The smallest absolute Gasteiger partial charge is 0.221 e. The topological polar surface area (TPSA) is 59.4 Å². The average molecular weight is 399 g/mol. The first-order valence-electron chi connectivity index (χ1n) is 8.90. The van der Waals surface area contributed by atoms with Crippen LogP contribution in [0.4, 0.5) is 0 Å². The van der Waals surface area contributed by atoms with Gasteiger partial charge in [0.2, 0.25) is 5.91 Å². The highest BCUT2D eigenvalue weighted by molar-refractivity contribution is 9.10. The molecule has 0 spiro atoms. The number of nitrogens with one attached hydrogen (secondary N) is 1. The van der Waals surface area contributed by atoms with Crippen molar-refractivity contribution in [3.63, 3.8) is 0 Å². The Kier molecular flexibility index (Phi) is 6.30. The molecule has 24 heavy (non-hydrogen) atoms. The second-order valence-electron chi connectivity index (χ2n) is 7.04. The second-order valence-corrected chi connectivity index (χ2v) is 7.96. The lowest BCUT2D eigenvalue weighted by molar-refractivity contribution is -0.122. The number of likely N-dealkylation sites (tertiary alicyclic amines) is 1. The minimum absolute atomic E-state index is 0.105. The van der Waals surface area contributed by atoms with Crippen LogP contribution in [0.5, 0.6) is 0 Å². The quantitative estimate of drug-likeness (QED) is 0.763. The maximum absolute atomic E-state index is 12.2. The van der Waals surface area contributed by atoms with E-state index in [9.17, 15) is 4.79 Å². The Balaban J connectivity index is 1.47. The van der Waals surface area contributed by atoms with Crippen molar-refractivity contribution >= 4 is 21.8 Å². The summed E-state index contributed by atoms with van der Waals surface area (Å²) in [6, 6.07) is 0. The van der Waals surface area contributed by atoms with E-state index in [4.69, 9.17) is 4.74 Å². The van der Waals surface area contributed by atoms with E-state index < -0.39 is 0 Å². The molecule has 1 aromatic rings. The molecule has 2 saturated heterocycles. The first kappa shape index (κ1) is 17.9. The van der Waals surface area contributed by atoms with Gasteiger partial charge in [-0.05, 0) is 54.7 Å². The van der Waals surface area contributed by atoms with Crippen LogP contribution in [0.15, 0.2) is 16.9 Å².